The number of aliphatic hydroxyl groups excluding tert-OH is 1. The van der Waals surface area contributed by atoms with Gasteiger partial charge in [0.1, 0.15) is 5.82 Å². The van der Waals surface area contributed by atoms with Gasteiger partial charge in [-0.3, -0.25) is 4.98 Å². The number of rotatable bonds is 3. The third-order valence-electron chi connectivity index (χ3n) is 6.74. The van der Waals surface area contributed by atoms with E-state index in [-0.39, 0.29) is 23.5 Å². The van der Waals surface area contributed by atoms with Crippen LogP contribution in [0.3, 0.4) is 0 Å². The molecule has 0 unspecified atom stereocenters. The number of anilines is 1. The Bertz CT molecular complexity index is 1370. The van der Waals surface area contributed by atoms with Crippen LogP contribution in [-0.2, 0) is 10.0 Å². The molecule has 174 valence electrons. The van der Waals surface area contributed by atoms with Crippen molar-refractivity contribution >= 4 is 15.7 Å². The number of hydrogen-bond donors (Lipinski definition) is 1. The summed E-state index contributed by atoms with van der Waals surface area (Å²) < 4.78 is 42.1. The minimum Gasteiger partial charge on any atom is -0.394 e. The third-order valence-corrected chi connectivity index (χ3v) is 8.63. The van der Waals surface area contributed by atoms with Crippen molar-refractivity contribution < 1.29 is 17.9 Å². The molecule has 34 heavy (non-hydrogen) atoms. The summed E-state index contributed by atoms with van der Waals surface area (Å²) >= 11 is 0. The van der Waals surface area contributed by atoms with Gasteiger partial charge in [-0.1, -0.05) is 11.8 Å². The Hall–Kier alpha value is -3.25. The molecule has 1 aromatic heterocycles. The van der Waals surface area contributed by atoms with Crippen LogP contribution in [0.1, 0.15) is 29.2 Å². The van der Waals surface area contributed by atoms with Crippen molar-refractivity contribution in [2.24, 2.45) is 5.92 Å². The zero-order chi connectivity index (χ0) is 23.9. The minimum atomic E-state index is -3.86. The third kappa shape index (κ3) is 3.86. The highest BCUT2D eigenvalue weighted by molar-refractivity contribution is 7.89. The highest BCUT2D eigenvalue weighted by atomic mass is 32.2. The van der Waals surface area contributed by atoms with Gasteiger partial charge in [0, 0.05) is 48.7 Å². The summed E-state index contributed by atoms with van der Waals surface area (Å²) in [6, 6.07) is 13.7. The number of nitrogens with zero attached hydrogens (tertiary/aromatic N) is 3. The normalized spacial score (nSPS) is 22.0. The number of benzene rings is 2. The molecule has 1 fully saturated rings. The lowest BCUT2D eigenvalue weighted by atomic mass is 9.82. The van der Waals surface area contributed by atoms with Gasteiger partial charge in [-0.15, -0.1) is 0 Å². The first-order valence-electron chi connectivity index (χ1n) is 11.1. The average Bonchev–Trinajstić information content (AvgIpc) is 3.30. The van der Waals surface area contributed by atoms with Crippen molar-refractivity contribution in [1.82, 2.24) is 9.29 Å². The lowest BCUT2D eigenvalue weighted by Crippen LogP contribution is -2.48. The van der Waals surface area contributed by atoms with Crippen LogP contribution in [0.2, 0.25) is 0 Å². The zero-order valence-electron chi connectivity index (χ0n) is 18.6. The number of aromatic nitrogens is 1. The topological polar surface area (TPSA) is 73.7 Å². The van der Waals surface area contributed by atoms with Gasteiger partial charge in [-0.05, 0) is 66.6 Å². The second-order valence-corrected chi connectivity index (χ2v) is 10.5. The summed E-state index contributed by atoms with van der Waals surface area (Å²) in [6.07, 6.45) is 3.99. The van der Waals surface area contributed by atoms with Gasteiger partial charge in [0.2, 0.25) is 10.0 Å². The van der Waals surface area contributed by atoms with Crippen molar-refractivity contribution in [2.45, 2.75) is 23.4 Å². The number of pyridine rings is 1. The van der Waals surface area contributed by atoms with Crippen molar-refractivity contribution in [3.63, 3.8) is 0 Å². The molecule has 2 aliphatic rings. The summed E-state index contributed by atoms with van der Waals surface area (Å²) in [6.45, 7) is 0.245. The van der Waals surface area contributed by atoms with E-state index in [1.165, 1.54) is 16.4 Å². The summed E-state index contributed by atoms with van der Waals surface area (Å²) in [5.41, 5.74) is 3.28. The molecular weight excluding hydrogens is 453 g/mol. The SMILES string of the molecule is CN1c2ccc(C#Cc3cccnc3)cc2[C@@H]2[C@@H](CCN2S(=O)(=O)c2ccc(F)cc2)[C@H]1CO. The molecular formula is C26H24FN3O3S. The standard InChI is InChI=1S/C26H24FN3O3S/c1-29-24-11-6-18(4-5-19-3-2-13-28-16-19)15-23(24)26-22(25(29)17-31)12-14-30(26)34(32,33)21-9-7-20(27)8-10-21/h2-3,6-11,13,15-16,22,25-26,31H,12,14,17H2,1H3/t22-,25+,26-/m0/s1. The Morgan fingerprint density at radius 2 is 1.88 bits per heavy atom. The monoisotopic (exact) mass is 477 g/mol. The highest BCUT2D eigenvalue weighted by Gasteiger charge is 2.50. The van der Waals surface area contributed by atoms with E-state index in [0.717, 1.165) is 34.5 Å². The molecule has 0 saturated carbocycles. The van der Waals surface area contributed by atoms with E-state index in [2.05, 4.69) is 16.8 Å². The number of likely N-dealkylation sites (N-methyl/N-ethyl adjacent to an activating group) is 1. The van der Waals surface area contributed by atoms with E-state index >= 15 is 0 Å². The molecule has 0 radical (unpaired) electrons. The van der Waals surface area contributed by atoms with Crippen LogP contribution in [-0.4, -0.2) is 49.1 Å². The Labute approximate surface area is 198 Å². The summed E-state index contributed by atoms with van der Waals surface area (Å²) in [4.78, 5) is 6.17. The van der Waals surface area contributed by atoms with Gasteiger partial charge in [0.05, 0.1) is 23.6 Å². The molecule has 3 aromatic rings. The van der Waals surface area contributed by atoms with Crippen LogP contribution in [0.25, 0.3) is 0 Å². The van der Waals surface area contributed by atoms with Gasteiger partial charge in [-0.2, -0.15) is 4.31 Å². The molecule has 2 aromatic carbocycles. The number of fused-ring (bicyclic) bond motifs is 3. The van der Waals surface area contributed by atoms with Crippen molar-refractivity contribution in [3.05, 3.63) is 89.5 Å². The van der Waals surface area contributed by atoms with E-state index in [1.807, 2.05) is 42.3 Å². The molecule has 0 spiro atoms. The summed E-state index contributed by atoms with van der Waals surface area (Å²) in [5, 5.41) is 10.2. The minimum absolute atomic E-state index is 0.0584. The summed E-state index contributed by atoms with van der Waals surface area (Å²) in [7, 11) is -1.94. The molecule has 8 heteroatoms. The Morgan fingerprint density at radius 3 is 2.59 bits per heavy atom. The second kappa shape index (κ2) is 8.84. The van der Waals surface area contributed by atoms with Crippen molar-refractivity contribution in [3.8, 4) is 11.8 Å². The van der Waals surface area contributed by atoms with Gasteiger partial charge in [0.15, 0.2) is 0 Å². The lowest BCUT2D eigenvalue weighted by Gasteiger charge is -2.44. The fourth-order valence-electron chi connectivity index (χ4n) is 5.08. The van der Waals surface area contributed by atoms with Crippen molar-refractivity contribution in [2.75, 3.05) is 25.1 Å². The summed E-state index contributed by atoms with van der Waals surface area (Å²) in [5.74, 6) is 5.68. The van der Waals surface area contributed by atoms with Gasteiger partial charge >= 0.3 is 0 Å². The Kier molecular flexibility index (Phi) is 5.86. The van der Waals surface area contributed by atoms with Gasteiger partial charge in [-0.25, -0.2) is 12.8 Å². The largest absolute Gasteiger partial charge is 0.394 e. The maximum absolute atomic E-state index is 13.6. The predicted molar refractivity (Wildman–Crippen MR) is 127 cm³/mol. The first-order chi connectivity index (χ1) is 16.4. The predicted octanol–water partition coefficient (Wildman–Crippen LogP) is 3.18. The molecule has 0 amide bonds. The van der Waals surface area contributed by atoms with E-state index in [1.54, 1.807) is 12.4 Å². The van der Waals surface area contributed by atoms with Crippen LogP contribution in [0.5, 0.6) is 0 Å². The Balaban J connectivity index is 1.59. The van der Waals surface area contributed by atoms with Gasteiger partial charge < -0.3 is 10.0 Å². The quantitative estimate of drug-likeness (QED) is 0.587. The molecule has 1 saturated heterocycles. The van der Waals surface area contributed by atoms with Crippen LogP contribution < -0.4 is 4.90 Å². The number of sulfonamides is 1. The molecule has 3 atom stereocenters. The van der Waals surface area contributed by atoms with Crippen LogP contribution in [0.4, 0.5) is 10.1 Å². The number of aliphatic hydroxyl groups is 1. The fourth-order valence-corrected chi connectivity index (χ4v) is 6.75. The number of halogens is 1. The molecule has 6 nitrogen and oxygen atoms in total. The molecule has 3 heterocycles. The van der Waals surface area contributed by atoms with Crippen LogP contribution in [0.15, 0.2) is 71.9 Å². The highest BCUT2D eigenvalue weighted by Crippen LogP contribution is 2.50. The molecule has 5 rings (SSSR count). The molecule has 0 aliphatic carbocycles. The maximum Gasteiger partial charge on any atom is 0.243 e. The van der Waals surface area contributed by atoms with Crippen LogP contribution in [0, 0.1) is 23.6 Å². The molecule has 0 bridgehead atoms. The van der Waals surface area contributed by atoms with E-state index in [4.69, 9.17) is 0 Å². The van der Waals surface area contributed by atoms with Crippen LogP contribution >= 0.6 is 0 Å². The fraction of sp³-hybridized carbons (Fsp3) is 0.269. The maximum atomic E-state index is 13.6. The van der Waals surface area contributed by atoms with E-state index in [9.17, 15) is 17.9 Å². The number of hydrogen-bond acceptors (Lipinski definition) is 5. The van der Waals surface area contributed by atoms with E-state index in [0.29, 0.717) is 13.0 Å². The zero-order valence-corrected chi connectivity index (χ0v) is 19.4. The first-order valence-corrected chi connectivity index (χ1v) is 12.5. The smallest absolute Gasteiger partial charge is 0.243 e. The average molecular weight is 478 g/mol. The van der Waals surface area contributed by atoms with E-state index < -0.39 is 21.9 Å². The second-order valence-electron chi connectivity index (χ2n) is 8.59. The molecule has 1 N–H and O–H groups in total. The van der Waals surface area contributed by atoms with Gasteiger partial charge in [0.25, 0.3) is 0 Å². The lowest BCUT2D eigenvalue weighted by molar-refractivity contribution is 0.193. The molecule has 2 aliphatic heterocycles. The van der Waals surface area contributed by atoms with Crippen molar-refractivity contribution in [1.29, 1.82) is 0 Å². The Morgan fingerprint density at radius 1 is 1.12 bits per heavy atom. The first kappa shape index (κ1) is 22.5.